The topological polar surface area (TPSA) is 49.6 Å². The number of halogens is 2. The summed E-state index contributed by atoms with van der Waals surface area (Å²) in [5, 5.41) is 0. The molecule has 2 saturated heterocycles. The number of hydrogen-bond donors (Lipinski definition) is 1. The average Bonchev–Trinajstić information content (AvgIpc) is 2.90. The molecule has 3 rings (SSSR count). The monoisotopic (exact) mass is 281 g/mol. The van der Waals surface area contributed by atoms with Crippen molar-refractivity contribution >= 4 is 11.6 Å². The first kappa shape index (κ1) is 13.3. The number of carbonyl (C=O) groups excluding carboxylic acids is 1. The van der Waals surface area contributed by atoms with E-state index in [4.69, 9.17) is 5.73 Å². The summed E-state index contributed by atoms with van der Waals surface area (Å²) in [6.07, 6.45) is 2.23. The molecule has 1 amide bonds. The molecule has 2 aliphatic heterocycles. The lowest BCUT2D eigenvalue weighted by molar-refractivity contribution is 0.0570. The van der Waals surface area contributed by atoms with Crippen molar-refractivity contribution in [3.8, 4) is 0 Å². The Morgan fingerprint density at radius 2 is 1.90 bits per heavy atom. The summed E-state index contributed by atoms with van der Waals surface area (Å²) >= 11 is 0. The van der Waals surface area contributed by atoms with Gasteiger partial charge in [0.25, 0.3) is 5.91 Å². The zero-order chi connectivity index (χ0) is 14.3. The summed E-state index contributed by atoms with van der Waals surface area (Å²) in [6, 6.07) is 2.42. The predicted molar refractivity (Wildman–Crippen MR) is 71.3 cm³/mol. The number of carbonyl (C=O) groups is 1. The molecule has 0 saturated carbocycles. The quantitative estimate of drug-likeness (QED) is 0.793. The van der Waals surface area contributed by atoms with Crippen LogP contribution in [0.25, 0.3) is 0 Å². The molecule has 2 heterocycles. The number of anilines is 1. The predicted octanol–water partition coefficient (Wildman–Crippen LogP) is 1.47. The van der Waals surface area contributed by atoms with Gasteiger partial charge in [0.1, 0.15) is 17.3 Å². The molecule has 1 aromatic rings. The number of hydrogen-bond acceptors (Lipinski definition) is 3. The minimum Gasteiger partial charge on any atom is -0.394 e. The maximum absolute atomic E-state index is 13.4. The number of nitrogens with two attached hydrogens (primary N) is 1. The zero-order valence-corrected chi connectivity index (χ0v) is 11.1. The van der Waals surface area contributed by atoms with E-state index in [9.17, 15) is 13.6 Å². The number of rotatable bonds is 1. The molecular weight excluding hydrogens is 264 g/mol. The van der Waals surface area contributed by atoms with E-state index >= 15 is 0 Å². The Balaban J connectivity index is 1.79. The average molecular weight is 281 g/mol. The van der Waals surface area contributed by atoms with Crippen molar-refractivity contribution in [2.24, 2.45) is 0 Å². The van der Waals surface area contributed by atoms with Crippen LogP contribution in [0.3, 0.4) is 0 Å². The molecule has 0 spiro atoms. The van der Waals surface area contributed by atoms with Gasteiger partial charge in [-0.25, -0.2) is 8.78 Å². The second kappa shape index (κ2) is 5.01. The first-order valence-electron chi connectivity index (χ1n) is 6.84. The Hall–Kier alpha value is -1.69. The Labute approximate surface area is 116 Å². The molecule has 1 aromatic carbocycles. The van der Waals surface area contributed by atoms with Crippen LogP contribution in [0.15, 0.2) is 12.1 Å². The highest BCUT2D eigenvalue weighted by molar-refractivity contribution is 5.94. The van der Waals surface area contributed by atoms with Gasteiger partial charge in [0, 0.05) is 31.2 Å². The first-order valence-corrected chi connectivity index (χ1v) is 6.84. The van der Waals surface area contributed by atoms with Crippen LogP contribution in [0.2, 0.25) is 0 Å². The van der Waals surface area contributed by atoms with Gasteiger partial charge in [-0.3, -0.25) is 9.69 Å². The van der Waals surface area contributed by atoms with Crippen molar-refractivity contribution < 1.29 is 13.6 Å². The molecule has 0 aliphatic carbocycles. The number of piperazine rings is 1. The highest BCUT2D eigenvalue weighted by Gasteiger charge is 2.33. The lowest BCUT2D eigenvalue weighted by Crippen LogP contribution is -2.52. The Morgan fingerprint density at radius 3 is 2.60 bits per heavy atom. The van der Waals surface area contributed by atoms with E-state index in [1.165, 1.54) is 0 Å². The number of nitrogens with zero attached hydrogens (tertiary/aromatic N) is 2. The third-order valence-corrected chi connectivity index (χ3v) is 4.20. The smallest absolute Gasteiger partial charge is 0.254 e. The second-order valence-electron chi connectivity index (χ2n) is 5.44. The van der Waals surface area contributed by atoms with Crippen LogP contribution in [0.4, 0.5) is 14.5 Å². The fourth-order valence-electron chi connectivity index (χ4n) is 3.07. The van der Waals surface area contributed by atoms with Crippen molar-refractivity contribution in [1.82, 2.24) is 9.80 Å². The molecule has 0 bridgehead atoms. The highest BCUT2D eigenvalue weighted by Crippen LogP contribution is 2.24. The number of nitrogen functional groups attached to an aromatic ring is 1. The second-order valence-corrected chi connectivity index (χ2v) is 5.44. The molecule has 108 valence electrons. The summed E-state index contributed by atoms with van der Waals surface area (Å²) in [7, 11) is 0. The molecule has 2 aliphatic rings. The molecule has 1 unspecified atom stereocenters. The van der Waals surface area contributed by atoms with Crippen LogP contribution in [-0.2, 0) is 0 Å². The number of fused-ring (bicyclic) bond motifs is 1. The van der Waals surface area contributed by atoms with Crippen LogP contribution in [-0.4, -0.2) is 47.9 Å². The van der Waals surface area contributed by atoms with Crippen LogP contribution in [0.5, 0.6) is 0 Å². The standard InChI is InChI=1S/C14H17F2N3O/c15-11-6-9(7-12(16)13(11)17)14(20)19-5-4-18-3-1-2-10(18)8-19/h6-7,10H,1-5,8,17H2. The summed E-state index contributed by atoms with van der Waals surface area (Å²) < 4.78 is 26.9. The van der Waals surface area contributed by atoms with E-state index in [0.717, 1.165) is 38.1 Å². The first-order chi connectivity index (χ1) is 9.56. The largest absolute Gasteiger partial charge is 0.394 e. The van der Waals surface area contributed by atoms with Gasteiger partial charge in [-0.15, -0.1) is 0 Å². The van der Waals surface area contributed by atoms with Gasteiger partial charge in [0.15, 0.2) is 0 Å². The zero-order valence-electron chi connectivity index (χ0n) is 11.1. The molecular formula is C14H17F2N3O. The Morgan fingerprint density at radius 1 is 1.20 bits per heavy atom. The van der Waals surface area contributed by atoms with Crippen molar-refractivity contribution in [1.29, 1.82) is 0 Å². The van der Waals surface area contributed by atoms with E-state index in [0.29, 0.717) is 19.1 Å². The van der Waals surface area contributed by atoms with Crippen LogP contribution < -0.4 is 5.73 Å². The van der Waals surface area contributed by atoms with Gasteiger partial charge in [-0.1, -0.05) is 0 Å². The van der Waals surface area contributed by atoms with Crippen LogP contribution in [0, 0.1) is 11.6 Å². The van der Waals surface area contributed by atoms with Crippen molar-refractivity contribution in [3.05, 3.63) is 29.3 Å². The third-order valence-electron chi connectivity index (χ3n) is 4.20. The molecule has 4 nitrogen and oxygen atoms in total. The maximum atomic E-state index is 13.4. The number of amides is 1. The lowest BCUT2D eigenvalue weighted by Gasteiger charge is -2.37. The highest BCUT2D eigenvalue weighted by atomic mass is 19.1. The van der Waals surface area contributed by atoms with Gasteiger partial charge in [0.05, 0.1) is 0 Å². The van der Waals surface area contributed by atoms with Crippen LogP contribution >= 0.6 is 0 Å². The SMILES string of the molecule is Nc1c(F)cc(C(=O)N2CCN3CCCC3C2)cc1F. The lowest BCUT2D eigenvalue weighted by atomic mass is 10.1. The van der Waals surface area contributed by atoms with E-state index in [-0.39, 0.29) is 11.5 Å². The fourth-order valence-corrected chi connectivity index (χ4v) is 3.07. The van der Waals surface area contributed by atoms with Gasteiger partial charge >= 0.3 is 0 Å². The molecule has 1 atom stereocenters. The maximum Gasteiger partial charge on any atom is 0.254 e. The van der Waals surface area contributed by atoms with Gasteiger partial charge in [-0.2, -0.15) is 0 Å². The molecule has 0 aromatic heterocycles. The van der Waals surface area contributed by atoms with Gasteiger partial charge in [0.2, 0.25) is 0 Å². The van der Waals surface area contributed by atoms with Gasteiger partial charge in [-0.05, 0) is 31.5 Å². The molecule has 6 heteroatoms. The van der Waals surface area contributed by atoms with Crippen molar-refractivity contribution in [3.63, 3.8) is 0 Å². The van der Waals surface area contributed by atoms with Gasteiger partial charge < -0.3 is 10.6 Å². The summed E-state index contributed by atoms with van der Waals surface area (Å²) in [4.78, 5) is 16.4. The Bertz CT molecular complexity index is 526. The summed E-state index contributed by atoms with van der Waals surface area (Å²) in [5.41, 5.74) is 4.71. The van der Waals surface area contributed by atoms with E-state index in [1.54, 1.807) is 4.90 Å². The minimum absolute atomic E-state index is 0.0284. The Kier molecular flexibility index (Phi) is 3.33. The van der Waals surface area contributed by atoms with E-state index in [1.807, 2.05) is 0 Å². The normalized spacial score (nSPS) is 22.9. The fraction of sp³-hybridized carbons (Fsp3) is 0.500. The molecule has 2 fully saturated rings. The molecule has 0 radical (unpaired) electrons. The molecule has 2 N–H and O–H groups in total. The van der Waals surface area contributed by atoms with E-state index in [2.05, 4.69) is 4.90 Å². The minimum atomic E-state index is -0.882. The van der Waals surface area contributed by atoms with E-state index < -0.39 is 17.3 Å². The van der Waals surface area contributed by atoms with Crippen LogP contribution in [0.1, 0.15) is 23.2 Å². The molecule has 20 heavy (non-hydrogen) atoms. The third kappa shape index (κ3) is 2.24. The summed E-state index contributed by atoms with van der Waals surface area (Å²) in [6.45, 7) is 3.14. The van der Waals surface area contributed by atoms with Crippen molar-refractivity contribution in [2.45, 2.75) is 18.9 Å². The van der Waals surface area contributed by atoms with Crippen molar-refractivity contribution in [2.75, 3.05) is 31.9 Å². The number of benzene rings is 1. The summed E-state index contributed by atoms with van der Waals surface area (Å²) in [5.74, 6) is -2.09.